The van der Waals surface area contributed by atoms with Gasteiger partial charge in [0.05, 0.1) is 70.4 Å². The molecule has 5 heterocycles. The minimum atomic E-state index is -0.743. The lowest BCUT2D eigenvalue weighted by Crippen LogP contribution is -2.27. The number of anilines is 1. The number of halogens is 2. The average Bonchev–Trinajstić information content (AvgIpc) is 3.62. The van der Waals surface area contributed by atoms with Gasteiger partial charge in [-0.05, 0) is 43.8 Å². The van der Waals surface area contributed by atoms with Crippen LogP contribution in [0.4, 0.5) is 10.1 Å². The van der Waals surface area contributed by atoms with E-state index in [0.717, 1.165) is 11.3 Å². The SMILES string of the molecule is C=NCc1cn(-c2ccc(Cl)c(F)c2-c2cc(=O)n([C@H]3CCC[C@@H](C)C(=O)Nc4cnn(C)c4-c4ccnc3c4)cn2)nn1. The van der Waals surface area contributed by atoms with Gasteiger partial charge in [-0.1, -0.05) is 30.2 Å². The number of aliphatic imine (C=N–C) groups is 1. The van der Waals surface area contributed by atoms with Gasteiger partial charge in [0.2, 0.25) is 5.91 Å². The molecule has 5 aromatic rings. The molecule has 4 aromatic heterocycles. The van der Waals surface area contributed by atoms with E-state index >= 15 is 4.39 Å². The van der Waals surface area contributed by atoms with Crippen molar-refractivity contribution in [1.82, 2.24) is 39.3 Å². The first-order valence-electron chi connectivity index (χ1n) is 13.9. The van der Waals surface area contributed by atoms with E-state index in [1.54, 1.807) is 36.4 Å². The smallest absolute Gasteiger partial charge is 0.254 e. The van der Waals surface area contributed by atoms with Crippen molar-refractivity contribution in [2.24, 2.45) is 18.0 Å². The van der Waals surface area contributed by atoms with Gasteiger partial charge in [0, 0.05) is 30.8 Å². The highest BCUT2D eigenvalue weighted by molar-refractivity contribution is 6.31. The molecule has 44 heavy (non-hydrogen) atoms. The molecule has 0 radical (unpaired) electrons. The molecule has 12 nitrogen and oxygen atoms in total. The van der Waals surface area contributed by atoms with Gasteiger partial charge in [-0.15, -0.1) is 5.10 Å². The molecule has 0 unspecified atom stereocenters. The van der Waals surface area contributed by atoms with Gasteiger partial charge in [0.1, 0.15) is 5.69 Å². The molecule has 6 rings (SSSR count). The zero-order valence-corrected chi connectivity index (χ0v) is 24.7. The Hall–Kier alpha value is -5.04. The second-order valence-electron chi connectivity index (χ2n) is 10.6. The predicted octanol–water partition coefficient (Wildman–Crippen LogP) is 4.63. The first-order chi connectivity index (χ1) is 21.2. The molecule has 1 amide bonds. The highest BCUT2D eigenvalue weighted by atomic mass is 35.5. The Bertz CT molecular complexity index is 1950. The van der Waals surface area contributed by atoms with Crippen molar-refractivity contribution >= 4 is 29.9 Å². The first-order valence-corrected chi connectivity index (χ1v) is 14.3. The quantitative estimate of drug-likeness (QED) is 0.285. The van der Waals surface area contributed by atoms with Crippen LogP contribution in [-0.2, 0) is 18.4 Å². The van der Waals surface area contributed by atoms with Crippen LogP contribution in [0.3, 0.4) is 0 Å². The molecular weight excluding hydrogens is 587 g/mol. The minimum absolute atomic E-state index is 0.00662. The maximum atomic E-state index is 15.5. The van der Waals surface area contributed by atoms with E-state index in [2.05, 4.69) is 42.4 Å². The molecule has 0 saturated carbocycles. The van der Waals surface area contributed by atoms with Crippen molar-refractivity contribution in [2.75, 3.05) is 5.32 Å². The fraction of sp³-hybridized carbons (Fsp3) is 0.267. The van der Waals surface area contributed by atoms with E-state index in [1.165, 1.54) is 27.7 Å². The Balaban J connectivity index is 1.44. The fourth-order valence-corrected chi connectivity index (χ4v) is 5.60. The van der Waals surface area contributed by atoms with E-state index in [-0.39, 0.29) is 34.6 Å². The molecule has 0 saturated heterocycles. The third kappa shape index (κ3) is 5.41. The molecule has 1 N–H and O–H groups in total. The van der Waals surface area contributed by atoms with E-state index in [9.17, 15) is 9.59 Å². The Kier molecular flexibility index (Phi) is 7.87. The number of nitrogens with zero attached hydrogens (tertiary/aromatic N) is 9. The monoisotopic (exact) mass is 614 g/mol. The summed E-state index contributed by atoms with van der Waals surface area (Å²) < 4.78 is 20.1. The number of rotatable bonds is 5. The number of aryl methyl sites for hydroxylation is 1. The number of aromatic nitrogens is 8. The number of pyridine rings is 1. The predicted molar refractivity (Wildman–Crippen MR) is 163 cm³/mol. The standard InChI is InChI=1S/C30H28ClFN10O2/c1-17-5-4-6-24(21-11-18(9-10-34-21)29-23(37-30(17)44)14-36-40(29)3)41-16-35-22(12-26(41)43)27-25(8-7-20(31)28(27)32)42-15-19(13-33-2)38-39-42/h7-12,14-17,24H,2,4-6,13H2,1,3H3,(H,37,44)/t17-,24+/m1/s1. The topological polar surface area (TPSA) is 138 Å². The van der Waals surface area contributed by atoms with Crippen LogP contribution in [0.15, 0.2) is 65.0 Å². The Morgan fingerprint density at radius 2 is 2.02 bits per heavy atom. The van der Waals surface area contributed by atoms with Gasteiger partial charge in [-0.2, -0.15) is 5.10 Å². The van der Waals surface area contributed by atoms with Gasteiger partial charge in [0.15, 0.2) is 5.82 Å². The summed E-state index contributed by atoms with van der Waals surface area (Å²) in [5.74, 6) is -1.11. The highest BCUT2D eigenvalue weighted by Gasteiger charge is 2.25. The van der Waals surface area contributed by atoms with Crippen LogP contribution in [0.2, 0.25) is 5.02 Å². The normalized spacial score (nSPS) is 16.9. The van der Waals surface area contributed by atoms with Crippen molar-refractivity contribution in [3.8, 4) is 28.2 Å². The number of hydrogen-bond donors (Lipinski definition) is 1. The van der Waals surface area contributed by atoms with Gasteiger partial charge >= 0.3 is 0 Å². The number of hydrogen-bond acceptors (Lipinski definition) is 8. The van der Waals surface area contributed by atoms with Gasteiger partial charge in [-0.25, -0.2) is 14.1 Å². The Morgan fingerprint density at radius 3 is 2.82 bits per heavy atom. The minimum Gasteiger partial charge on any atom is -0.323 e. The van der Waals surface area contributed by atoms with Crippen molar-refractivity contribution < 1.29 is 9.18 Å². The molecule has 14 heteroatoms. The number of benzene rings is 1. The van der Waals surface area contributed by atoms with E-state index in [4.69, 9.17) is 11.6 Å². The summed E-state index contributed by atoms with van der Waals surface area (Å²) in [6, 6.07) is 7.48. The lowest BCUT2D eigenvalue weighted by molar-refractivity contribution is -0.119. The summed E-state index contributed by atoms with van der Waals surface area (Å²) in [5, 5.41) is 15.3. The zero-order chi connectivity index (χ0) is 31.0. The van der Waals surface area contributed by atoms with Crippen LogP contribution in [0.1, 0.15) is 43.6 Å². The first kappa shape index (κ1) is 29.1. The van der Waals surface area contributed by atoms with Crippen LogP contribution in [0, 0.1) is 11.7 Å². The van der Waals surface area contributed by atoms with Crippen molar-refractivity contribution in [2.45, 2.75) is 38.8 Å². The number of carbonyl (C=O) groups excluding carboxylic acids is 1. The Morgan fingerprint density at radius 1 is 1.18 bits per heavy atom. The van der Waals surface area contributed by atoms with Crippen LogP contribution in [0.25, 0.3) is 28.2 Å². The highest BCUT2D eigenvalue weighted by Crippen LogP contribution is 2.34. The van der Waals surface area contributed by atoms with Crippen LogP contribution < -0.4 is 10.9 Å². The molecule has 1 aromatic carbocycles. The molecule has 1 aliphatic rings. The lowest BCUT2D eigenvalue weighted by Gasteiger charge is -2.22. The average molecular weight is 615 g/mol. The molecule has 2 bridgehead atoms. The molecular formula is C30H28ClFN10O2. The third-order valence-corrected chi connectivity index (χ3v) is 8.01. The molecule has 0 fully saturated rings. The summed E-state index contributed by atoms with van der Waals surface area (Å²) in [4.78, 5) is 39.6. The van der Waals surface area contributed by atoms with Crippen molar-refractivity contribution in [1.29, 1.82) is 0 Å². The van der Waals surface area contributed by atoms with Crippen LogP contribution in [0.5, 0.6) is 0 Å². The summed E-state index contributed by atoms with van der Waals surface area (Å²) in [5.41, 5.74) is 3.27. The second kappa shape index (κ2) is 11.9. The third-order valence-electron chi connectivity index (χ3n) is 7.72. The molecule has 0 spiro atoms. The van der Waals surface area contributed by atoms with Crippen molar-refractivity contribution in [3.05, 3.63) is 87.8 Å². The van der Waals surface area contributed by atoms with E-state index < -0.39 is 17.4 Å². The van der Waals surface area contributed by atoms with Crippen LogP contribution in [-0.4, -0.2) is 51.9 Å². The summed E-state index contributed by atoms with van der Waals surface area (Å²) in [6.07, 6.45) is 8.03. The summed E-state index contributed by atoms with van der Waals surface area (Å²) in [7, 11) is 1.80. The lowest BCUT2D eigenvalue weighted by atomic mass is 9.97. The molecule has 224 valence electrons. The second-order valence-corrected chi connectivity index (χ2v) is 11.1. The number of fused-ring (bicyclic) bond motifs is 4. The molecule has 1 aliphatic heterocycles. The maximum absolute atomic E-state index is 15.5. The zero-order valence-electron chi connectivity index (χ0n) is 24.0. The van der Waals surface area contributed by atoms with E-state index in [0.29, 0.717) is 42.0 Å². The molecule has 0 aliphatic carbocycles. The van der Waals surface area contributed by atoms with Gasteiger partial charge < -0.3 is 5.32 Å². The van der Waals surface area contributed by atoms with Gasteiger partial charge in [0.25, 0.3) is 5.56 Å². The fourth-order valence-electron chi connectivity index (χ4n) is 5.44. The summed E-state index contributed by atoms with van der Waals surface area (Å²) in [6.45, 7) is 5.57. The van der Waals surface area contributed by atoms with Gasteiger partial charge in [-0.3, -0.25) is 28.8 Å². The van der Waals surface area contributed by atoms with Crippen LogP contribution >= 0.6 is 11.6 Å². The maximum Gasteiger partial charge on any atom is 0.254 e. The summed E-state index contributed by atoms with van der Waals surface area (Å²) >= 11 is 6.16. The largest absolute Gasteiger partial charge is 0.323 e. The number of carbonyl (C=O) groups is 1. The Labute approximate surface area is 256 Å². The number of amides is 1. The van der Waals surface area contributed by atoms with E-state index in [1.807, 2.05) is 19.1 Å². The molecule has 2 atom stereocenters. The van der Waals surface area contributed by atoms with Crippen molar-refractivity contribution in [3.63, 3.8) is 0 Å². The number of nitrogens with one attached hydrogen (secondary N) is 1.